The fourth-order valence-electron chi connectivity index (χ4n) is 2.04. The van der Waals surface area contributed by atoms with Gasteiger partial charge in [-0.05, 0) is 61.7 Å². The van der Waals surface area contributed by atoms with E-state index in [9.17, 15) is 10.2 Å². The third-order valence-corrected chi connectivity index (χ3v) is 3.31. The average Bonchev–Trinajstić information content (AvgIpc) is 2.36. The average molecular weight is 257 g/mol. The molecule has 0 radical (unpaired) electrons. The van der Waals surface area contributed by atoms with E-state index < -0.39 is 0 Å². The Kier molecular flexibility index (Phi) is 3.65. The number of nitrogens with one attached hydrogen (secondary N) is 1. The fourth-order valence-corrected chi connectivity index (χ4v) is 2.04. The number of hydrogen-bond acceptors (Lipinski definition) is 3. The summed E-state index contributed by atoms with van der Waals surface area (Å²) >= 11 is 0. The van der Waals surface area contributed by atoms with Crippen LogP contribution < -0.4 is 5.32 Å². The van der Waals surface area contributed by atoms with Crippen molar-refractivity contribution >= 4 is 5.69 Å². The molecule has 0 saturated carbocycles. The van der Waals surface area contributed by atoms with Crippen LogP contribution in [0.4, 0.5) is 5.69 Å². The molecule has 0 bridgehead atoms. The largest absolute Gasteiger partial charge is 0.508 e. The zero-order valence-electron chi connectivity index (χ0n) is 11.4. The molecule has 2 aromatic rings. The number of benzene rings is 2. The molecule has 3 nitrogen and oxygen atoms in total. The SMILES string of the molecule is Cc1cc(NC(C)c2ccc(O)cc2)c(C)cc1O. The van der Waals surface area contributed by atoms with Crippen molar-refractivity contribution in [3.05, 3.63) is 53.1 Å². The zero-order chi connectivity index (χ0) is 14.0. The molecule has 0 aromatic heterocycles. The number of rotatable bonds is 3. The minimum Gasteiger partial charge on any atom is -0.508 e. The molecule has 3 heteroatoms. The second-order valence-corrected chi connectivity index (χ2v) is 4.91. The van der Waals surface area contributed by atoms with Crippen LogP contribution in [0.3, 0.4) is 0 Å². The van der Waals surface area contributed by atoms with Gasteiger partial charge < -0.3 is 15.5 Å². The molecule has 0 spiro atoms. The highest BCUT2D eigenvalue weighted by atomic mass is 16.3. The lowest BCUT2D eigenvalue weighted by atomic mass is 10.1. The molecular weight excluding hydrogens is 238 g/mol. The van der Waals surface area contributed by atoms with Gasteiger partial charge in [0.1, 0.15) is 11.5 Å². The highest BCUT2D eigenvalue weighted by Crippen LogP contribution is 2.28. The van der Waals surface area contributed by atoms with Crippen molar-refractivity contribution in [1.82, 2.24) is 0 Å². The summed E-state index contributed by atoms with van der Waals surface area (Å²) < 4.78 is 0. The first-order valence-electron chi connectivity index (χ1n) is 6.33. The normalized spacial score (nSPS) is 12.2. The van der Waals surface area contributed by atoms with Gasteiger partial charge in [-0.3, -0.25) is 0 Å². The molecule has 0 amide bonds. The number of phenolic OH excluding ortho intramolecular Hbond substituents is 2. The highest BCUT2D eigenvalue weighted by Gasteiger charge is 2.09. The second-order valence-electron chi connectivity index (χ2n) is 4.91. The quantitative estimate of drug-likeness (QED) is 0.731. The van der Waals surface area contributed by atoms with Crippen molar-refractivity contribution in [2.24, 2.45) is 0 Å². The highest BCUT2D eigenvalue weighted by molar-refractivity contribution is 5.57. The van der Waals surface area contributed by atoms with Gasteiger partial charge >= 0.3 is 0 Å². The third-order valence-electron chi connectivity index (χ3n) is 3.31. The van der Waals surface area contributed by atoms with Crippen LogP contribution in [0.25, 0.3) is 0 Å². The lowest BCUT2D eigenvalue weighted by Gasteiger charge is -2.18. The molecule has 0 saturated heterocycles. The summed E-state index contributed by atoms with van der Waals surface area (Å²) in [5.74, 6) is 0.591. The van der Waals surface area contributed by atoms with Crippen LogP contribution >= 0.6 is 0 Å². The Morgan fingerprint density at radius 2 is 1.58 bits per heavy atom. The van der Waals surface area contributed by atoms with Crippen LogP contribution in [-0.2, 0) is 0 Å². The summed E-state index contributed by atoms with van der Waals surface area (Å²) in [7, 11) is 0. The molecule has 100 valence electrons. The molecule has 0 aliphatic heterocycles. The van der Waals surface area contributed by atoms with Crippen molar-refractivity contribution in [3.8, 4) is 11.5 Å². The predicted molar refractivity (Wildman–Crippen MR) is 77.7 cm³/mol. The summed E-state index contributed by atoms with van der Waals surface area (Å²) in [6, 6.07) is 11.0. The van der Waals surface area contributed by atoms with E-state index in [-0.39, 0.29) is 11.8 Å². The predicted octanol–water partition coefficient (Wildman–Crippen LogP) is 3.89. The molecule has 3 N–H and O–H groups in total. The van der Waals surface area contributed by atoms with Crippen molar-refractivity contribution in [1.29, 1.82) is 0 Å². The molecular formula is C16H19NO2. The first-order chi connectivity index (χ1) is 8.97. The maximum Gasteiger partial charge on any atom is 0.118 e. The number of phenols is 2. The number of hydrogen-bond donors (Lipinski definition) is 3. The van der Waals surface area contributed by atoms with Crippen LogP contribution in [0.2, 0.25) is 0 Å². The molecule has 2 aromatic carbocycles. The summed E-state index contributed by atoms with van der Waals surface area (Å²) in [6.07, 6.45) is 0. The van der Waals surface area contributed by atoms with Gasteiger partial charge in [-0.15, -0.1) is 0 Å². The van der Waals surface area contributed by atoms with Gasteiger partial charge in [-0.1, -0.05) is 12.1 Å². The maximum atomic E-state index is 9.65. The maximum absolute atomic E-state index is 9.65. The monoisotopic (exact) mass is 257 g/mol. The molecule has 19 heavy (non-hydrogen) atoms. The number of aryl methyl sites for hydroxylation is 2. The molecule has 0 heterocycles. The van der Waals surface area contributed by atoms with E-state index in [2.05, 4.69) is 12.2 Å². The molecule has 1 unspecified atom stereocenters. The second kappa shape index (κ2) is 5.22. The van der Waals surface area contributed by atoms with Gasteiger partial charge in [-0.25, -0.2) is 0 Å². The van der Waals surface area contributed by atoms with E-state index in [0.717, 1.165) is 22.4 Å². The Morgan fingerprint density at radius 3 is 2.21 bits per heavy atom. The first-order valence-corrected chi connectivity index (χ1v) is 6.33. The summed E-state index contributed by atoms with van der Waals surface area (Å²) in [5.41, 5.74) is 3.97. The summed E-state index contributed by atoms with van der Waals surface area (Å²) in [4.78, 5) is 0. The summed E-state index contributed by atoms with van der Waals surface area (Å²) in [6.45, 7) is 5.91. The third kappa shape index (κ3) is 2.99. The van der Waals surface area contributed by atoms with E-state index in [1.165, 1.54) is 0 Å². The minimum atomic E-state index is 0.128. The van der Waals surface area contributed by atoms with Gasteiger partial charge in [0.25, 0.3) is 0 Å². The summed E-state index contributed by atoms with van der Waals surface area (Å²) in [5, 5.41) is 22.4. The van der Waals surface area contributed by atoms with Crippen LogP contribution in [0, 0.1) is 13.8 Å². The van der Waals surface area contributed by atoms with Gasteiger partial charge in [-0.2, -0.15) is 0 Å². The van der Waals surface area contributed by atoms with Crippen LogP contribution in [0.15, 0.2) is 36.4 Å². The lowest BCUT2D eigenvalue weighted by molar-refractivity contribution is 0.470. The van der Waals surface area contributed by atoms with Gasteiger partial charge in [0.15, 0.2) is 0 Å². The smallest absolute Gasteiger partial charge is 0.118 e. The molecule has 0 aliphatic rings. The van der Waals surface area contributed by atoms with E-state index in [1.807, 2.05) is 32.0 Å². The standard InChI is InChI=1S/C16H19NO2/c1-10-9-16(19)11(2)8-15(10)17-12(3)13-4-6-14(18)7-5-13/h4-9,12,17-19H,1-3H3. The molecule has 1 atom stereocenters. The van der Waals surface area contributed by atoms with E-state index in [4.69, 9.17) is 0 Å². The molecule has 0 aliphatic carbocycles. The Bertz CT molecular complexity index is 576. The topological polar surface area (TPSA) is 52.5 Å². The van der Waals surface area contributed by atoms with Crippen LogP contribution in [0.1, 0.15) is 29.7 Å². The van der Waals surface area contributed by atoms with Gasteiger partial charge in [0.05, 0.1) is 0 Å². The Hall–Kier alpha value is -2.16. The zero-order valence-corrected chi connectivity index (χ0v) is 11.4. The number of anilines is 1. The van der Waals surface area contributed by atoms with E-state index in [1.54, 1.807) is 18.2 Å². The number of aromatic hydroxyl groups is 2. The van der Waals surface area contributed by atoms with Crippen molar-refractivity contribution in [2.75, 3.05) is 5.32 Å². The fraction of sp³-hybridized carbons (Fsp3) is 0.250. The molecule has 0 fully saturated rings. The van der Waals surface area contributed by atoms with Crippen molar-refractivity contribution < 1.29 is 10.2 Å². The Morgan fingerprint density at radius 1 is 0.947 bits per heavy atom. The Balaban J connectivity index is 2.21. The van der Waals surface area contributed by atoms with Crippen LogP contribution in [0.5, 0.6) is 11.5 Å². The Labute approximate surface area is 113 Å². The van der Waals surface area contributed by atoms with E-state index >= 15 is 0 Å². The van der Waals surface area contributed by atoms with Gasteiger partial charge in [0, 0.05) is 11.7 Å². The van der Waals surface area contributed by atoms with Crippen LogP contribution in [-0.4, -0.2) is 10.2 Å². The minimum absolute atomic E-state index is 0.128. The first kappa shape index (κ1) is 13.3. The van der Waals surface area contributed by atoms with Crippen molar-refractivity contribution in [2.45, 2.75) is 26.8 Å². The van der Waals surface area contributed by atoms with Crippen molar-refractivity contribution in [3.63, 3.8) is 0 Å². The molecule has 2 rings (SSSR count). The lowest BCUT2D eigenvalue weighted by Crippen LogP contribution is -2.07. The van der Waals surface area contributed by atoms with E-state index in [0.29, 0.717) is 5.75 Å². The van der Waals surface area contributed by atoms with Gasteiger partial charge in [0.2, 0.25) is 0 Å².